The Labute approximate surface area is 111 Å². The molecular weight excluding hydrogens is 246 g/mol. The van der Waals surface area contributed by atoms with E-state index in [1.807, 2.05) is 31.2 Å². The van der Waals surface area contributed by atoms with Gasteiger partial charge < -0.3 is 5.11 Å². The minimum atomic E-state index is -0.883. The van der Waals surface area contributed by atoms with E-state index in [1.54, 1.807) is 0 Å². The number of aliphatic hydroxyl groups excluding tert-OH is 1. The summed E-state index contributed by atoms with van der Waals surface area (Å²) in [6, 6.07) is 11.5. The van der Waals surface area contributed by atoms with Gasteiger partial charge in [0.2, 0.25) is 0 Å². The Bertz CT molecular complexity index is 549. The van der Waals surface area contributed by atoms with Crippen molar-refractivity contribution in [2.24, 2.45) is 0 Å². The van der Waals surface area contributed by atoms with Crippen LogP contribution in [0.4, 0.5) is 8.78 Å². The van der Waals surface area contributed by atoms with Crippen LogP contribution < -0.4 is 0 Å². The number of benzene rings is 2. The molecule has 100 valence electrons. The molecule has 19 heavy (non-hydrogen) atoms. The Hall–Kier alpha value is -1.74. The van der Waals surface area contributed by atoms with Crippen LogP contribution in [-0.2, 0) is 12.8 Å². The maximum absolute atomic E-state index is 13.5. The predicted octanol–water partition coefficient (Wildman–Crippen LogP) is 3.80. The fourth-order valence-electron chi connectivity index (χ4n) is 2.01. The van der Waals surface area contributed by atoms with Gasteiger partial charge >= 0.3 is 0 Å². The molecule has 2 aromatic rings. The second-order valence-corrected chi connectivity index (χ2v) is 4.53. The number of halogens is 2. The zero-order valence-corrected chi connectivity index (χ0v) is 10.7. The van der Waals surface area contributed by atoms with Crippen molar-refractivity contribution in [3.05, 3.63) is 70.8 Å². The first-order valence-electron chi connectivity index (χ1n) is 6.31. The number of aliphatic hydroxyl groups is 1. The normalized spacial score (nSPS) is 12.4. The minimum absolute atomic E-state index is 0.0645. The van der Waals surface area contributed by atoms with Gasteiger partial charge in [0.05, 0.1) is 6.10 Å². The molecule has 1 unspecified atom stereocenters. The average molecular weight is 262 g/mol. The first-order chi connectivity index (χ1) is 9.11. The molecule has 0 aliphatic carbocycles. The smallest absolute Gasteiger partial charge is 0.162 e. The predicted molar refractivity (Wildman–Crippen MR) is 70.8 cm³/mol. The Balaban J connectivity index is 2.15. The van der Waals surface area contributed by atoms with Crippen molar-refractivity contribution in [3.63, 3.8) is 0 Å². The van der Waals surface area contributed by atoms with Crippen LogP contribution in [-0.4, -0.2) is 5.11 Å². The lowest BCUT2D eigenvalue weighted by Crippen LogP contribution is -2.04. The van der Waals surface area contributed by atoms with Crippen LogP contribution in [0, 0.1) is 11.6 Å². The molecule has 0 saturated heterocycles. The number of hydrogen-bond acceptors (Lipinski definition) is 1. The summed E-state index contributed by atoms with van der Waals surface area (Å²) < 4.78 is 26.6. The van der Waals surface area contributed by atoms with Crippen LogP contribution in [0.5, 0.6) is 0 Å². The highest BCUT2D eigenvalue weighted by molar-refractivity contribution is 5.27. The SMILES string of the molecule is CCc1ccc(C(O)Cc2cccc(F)c2F)cc1. The molecule has 2 aromatic carbocycles. The summed E-state index contributed by atoms with van der Waals surface area (Å²) >= 11 is 0. The van der Waals surface area contributed by atoms with Gasteiger partial charge in [-0.3, -0.25) is 0 Å². The van der Waals surface area contributed by atoms with E-state index in [0.29, 0.717) is 5.56 Å². The molecule has 0 radical (unpaired) electrons. The summed E-state index contributed by atoms with van der Waals surface area (Å²) in [6.45, 7) is 2.05. The van der Waals surface area contributed by atoms with Gasteiger partial charge in [0, 0.05) is 6.42 Å². The van der Waals surface area contributed by atoms with Gasteiger partial charge in [-0.2, -0.15) is 0 Å². The third kappa shape index (κ3) is 3.18. The van der Waals surface area contributed by atoms with Crippen molar-refractivity contribution in [2.45, 2.75) is 25.9 Å². The van der Waals surface area contributed by atoms with Crippen LogP contribution in [0.15, 0.2) is 42.5 Å². The fourth-order valence-corrected chi connectivity index (χ4v) is 2.01. The van der Waals surface area contributed by atoms with Gasteiger partial charge in [-0.25, -0.2) is 8.78 Å². The lowest BCUT2D eigenvalue weighted by molar-refractivity contribution is 0.177. The van der Waals surface area contributed by atoms with Crippen LogP contribution in [0.3, 0.4) is 0 Å². The van der Waals surface area contributed by atoms with E-state index < -0.39 is 17.7 Å². The summed E-state index contributed by atoms with van der Waals surface area (Å²) in [5.74, 6) is -1.77. The molecule has 1 atom stereocenters. The van der Waals surface area contributed by atoms with Crippen molar-refractivity contribution >= 4 is 0 Å². The van der Waals surface area contributed by atoms with E-state index in [0.717, 1.165) is 12.5 Å². The zero-order chi connectivity index (χ0) is 13.8. The average Bonchev–Trinajstić information content (AvgIpc) is 2.44. The van der Waals surface area contributed by atoms with Crippen LogP contribution in [0.2, 0.25) is 0 Å². The zero-order valence-electron chi connectivity index (χ0n) is 10.7. The first kappa shape index (κ1) is 13.7. The molecule has 1 nitrogen and oxygen atoms in total. The van der Waals surface area contributed by atoms with E-state index in [4.69, 9.17) is 0 Å². The van der Waals surface area contributed by atoms with E-state index in [-0.39, 0.29) is 12.0 Å². The fraction of sp³-hybridized carbons (Fsp3) is 0.250. The number of rotatable bonds is 4. The molecule has 0 spiro atoms. The molecule has 0 aliphatic rings. The molecule has 0 bridgehead atoms. The van der Waals surface area contributed by atoms with Crippen LogP contribution in [0.25, 0.3) is 0 Å². The van der Waals surface area contributed by atoms with Gasteiger partial charge in [0.15, 0.2) is 11.6 Å². The second-order valence-electron chi connectivity index (χ2n) is 4.53. The summed E-state index contributed by atoms with van der Waals surface area (Å²) in [4.78, 5) is 0. The van der Waals surface area contributed by atoms with Crippen molar-refractivity contribution in [1.29, 1.82) is 0 Å². The quantitative estimate of drug-likeness (QED) is 0.888. The summed E-state index contributed by atoms with van der Waals surface area (Å²) in [7, 11) is 0. The first-order valence-corrected chi connectivity index (χ1v) is 6.31. The van der Waals surface area contributed by atoms with Crippen LogP contribution >= 0.6 is 0 Å². The Morgan fingerprint density at radius 3 is 2.37 bits per heavy atom. The molecule has 0 fully saturated rings. The standard InChI is InChI=1S/C16H16F2O/c1-2-11-6-8-12(9-7-11)15(19)10-13-4-3-5-14(17)16(13)18/h3-9,15,19H,2,10H2,1H3. The van der Waals surface area contributed by atoms with E-state index >= 15 is 0 Å². The van der Waals surface area contributed by atoms with Crippen LogP contribution in [0.1, 0.15) is 29.7 Å². The van der Waals surface area contributed by atoms with Crippen molar-refractivity contribution in [1.82, 2.24) is 0 Å². The second kappa shape index (κ2) is 5.93. The molecule has 1 N–H and O–H groups in total. The third-order valence-corrected chi connectivity index (χ3v) is 3.22. The van der Waals surface area contributed by atoms with E-state index in [2.05, 4.69) is 0 Å². The monoisotopic (exact) mass is 262 g/mol. The van der Waals surface area contributed by atoms with Crippen molar-refractivity contribution < 1.29 is 13.9 Å². The maximum atomic E-state index is 13.5. The maximum Gasteiger partial charge on any atom is 0.162 e. The van der Waals surface area contributed by atoms with E-state index in [1.165, 1.54) is 17.7 Å². The molecule has 0 aromatic heterocycles. The van der Waals surface area contributed by atoms with Gasteiger partial charge in [-0.15, -0.1) is 0 Å². The van der Waals surface area contributed by atoms with Crippen molar-refractivity contribution in [3.8, 4) is 0 Å². The lowest BCUT2D eigenvalue weighted by Gasteiger charge is -2.12. The third-order valence-electron chi connectivity index (χ3n) is 3.22. The van der Waals surface area contributed by atoms with Crippen molar-refractivity contribution in [2.75, 3.05) is 0 Å². The Morgan fingerprint density at radius 2 is 1.74 bits per heavy atom. The van der Waals surface area contributed by atoms with E-state index in [9.17, 15) is 13.9 Å². The highest BCUT2D eigenvalue weighted by Crippen LogP contribution is 2.21. The Kier molecular flexibility index (Phi) is 4.27. The summed E-state index contributed by atoms with van der Waals surface area (Å²) in [5, 5.41) is 10.1. The molecule has 3 heteroatoms. The molecule has 2 rings (SSSR count). The summed E-state index contributed by atoms with van der Waals surface area (Å²) in [6.07, 6.45) is 0.159. The lowest BCUT2D eigenvalue weighted by atomic mass is 9.99. The summed E-state index contributed by atoms with van der Waals surface area (Å²) in [5.41, 5.74) is 2.07. The topological polar surface area (TPSA) is 20.2 Å². The van der Waals surface area contributed by atoms with Gasteiger partial charge in [0.1, 0.15) is 0 Å². The molecule has 0 aliphatic heterocycles. The molecule has 0 heterocycles. The van der Waals surface area contributed by atoms with Gasteiger partial charge in [-0.1, -0.05) is 43.3 Å². The van der Waals surface area contributed by atoms with Gasteiger partial charge in [0.25, 0.3) is 0 Å². The van der Waals surface area contributed by atoms with Gasteiger partial charge in [-0.05, 0) is 29.2 Å². The minimum Gasteiger partial charge on any atom is -0.388 e. The molecule has 0 amide bonds. The molecule has 0 saturated carbocycles. The Morgan fingerprint density at radius 1 is 1.05 bits per heavy atom. The number of hydrogen-bond donors (Lipinski definition) is 1. The highest BCUT2D eigenvalue weighted by atomic mass is 19.2. The molecular formula is C16H16F2O. The highest BCUT2D eigenvalue weighted by Gasteiger charge is 2.13. The largest absolute Gasteiger partial charge is 0.388 e. The number of aryl methyl sites for hydroxylation is 1.